The summed E-state index contributed by atoms with van der Waals surface area (Å²) < 4.78 is 0. The van der Waals surface area contributed by atoms with Gasteiger partial charge in [0.2, 0.25) is 0 Å². The number of allylic oxidation sites excluding steroid dienone is 2. The first-order valence-corrected chi connectivity index (χ1v) is 9.94. The number of nitriles is 1. The average molecular weight is 357 g/mol. The molecule has 1 saturated heterocycles. The average Bonchev–Trinajstić information content (AvgIpc) is 3.03. The highest BCUT2D eigenvalue weighted by Crippen LogP contribution is 2.34. The van der Waals surface area contributed by atoms with Crippen LogP contribution in [0.1, 0.15) is 49.8 Å². The molecule has 3 heteroatoms. The fourth-order valence-corrected chi connectivity index (χ4v) is 3.68. The first-order chi connectivity index (χ1) is 11.9. The highest BCUT2D eigenvalue weighted by Gasteiger charge is 2.29. The predicted octanol–water partition coefficient (Wildman–Crippen LogP) is 6.22. The van der Waals surface area contributed by atoms with Gasteiger partial charge in [-0.05, 0) is 61.5 Å². The van der Waals surface area contributed by atoms with E-state index in [2.05, 4.69) is 62.3 Å². The lowest BCUT2D eigenvalue weighted by Crippen LogP contribution is -2.39. The molecule has 0 aliphatic carbocycles. The van der Waals surface area contributed by atoms with Crippen molar-refractivity contribution in [1.29, 1.82) is 5.26 Å². The van der Waals surface area contributed by atoms with Crippen molar-refractivity contribution in [3.63, 3.8) is 0 Å². The van der Waals surface area contributed by atoms with E-state index in [1.165, 1.54) is 9.75 Å². The summed E-state index contributed by atoms with van der Waals surface area (Å²) in [4.78, 5) is 4.96. The van der Waals surface area contributed by atoms with E-state index in [1.54, 1.807) is 11.3 Å². The molecule has 136 valence electrons. The van der Waals surface area contributed by atoms with E-state index in [4.69, 9.17) is 5.26 Å². The van der Waals surface area contributed by atoms with E-state index in [0.717, 1.165) is 43.6 Å². The van der Waals surface area contributed by atoms with Crippen LogP contribution >= 0.6 is 11.3 Å². The highest BCUT2D eigenvalue weighted by molar-refractivity contribution is 7.13. The van der Waals surface area contributed by atoms with Gasteiger partial charge in [-0.15, -0.1) is 11.3 Å². The number of hydrogen-bond donors (Lipinski definition) is 0. The zero-order chi connectivity index (χ0) is 18.9. The molecular weight excluding hydrogens is 324 g/mol. The van der Waals surface area contributed by atoms with Crippen molar-refractivity contribution < 1.29 is 0 Å². The van der Waals surface area contributed by atoms with Crippen molar-refractivity contribution in [2.24, 2.45) is 5.41 Å². The van der Waals surface area contributed by atoms with Gasteiger partial charge >= 0.3 is 0 Å². The lowest BCUT2D eigenvalue weighted by Gasteiger charge is -2.38. The molecule has 0 unspecified atom stereocenters. The van der Waals surface area contributed by atoms with Gasteiger partial charge in [0.25, 0.3) is 0 Å². The van der Waals surface area contributed by atoms with Gasteiger partial charge in [0.15, 0.2) is 0 Å². The Morgan fingerprint density at radius 1 is 1.28 bits per heavy atom. The molecule has 0 spiro atoms. The molecule has 1 aromatic heterocycles. The Balaban J connectivity index is 0.00000151. The van der Waals surface area contributed by atoms with Crippen molar-refractivity contribution in [2.45, 2.75) is 47.0 Å². The summed E-state index contributed by atoms with van der Waals surface area (Å²) >= 11 is 1.77. The second-order valence-corrected chi connectivity index (χ2v) is 8.14. The largest absolute Gasteiger partial charge is 0.299 e. The zero-order valence-electron chi connectivity index (χ0n) is 16.3. The molecule has 0 N–H and O–H groups in total. The second-order valence-electron chi connectivity index (χ2n) is 6.85. The molecule has 0 saturated carbocycles. The lowest BCUT2D eigenvalue weighted by atomic mass is 9.78. The Kier molecular flexibility index (Phi) is 8.89. The van der Waals surface area contributed by atoms with Gasteiger partial charge in [0.1, 0.15) is 0 Å². The molecule has 0 radical (unpaired) electrons. The van der Waals surface area contributed by atoms with E-state index in [0.29, 0.717) is 6.42 Å². The molecule has 1 aliphatic rings. The summed E-state index contributed by atoms with van der Waals surface area (Å²) in [5.41, 5.74) is 2.36. The predicted molar refractivity (Wildman–Crippen MR) is 112 cm³/mol. The van der Waals surface area contributed by atoms with Crippen LogP contribution in [0.15, 0.2) is 43.0 Å². The van der Waals surface area contributed by atoms with Gasteiger partial charge < -0.3 is 0 Å². The van der Waals surface area contributed by atoms with Crippen molar-refractivity contribution in [2.75, 3.05) is 19.6 Å². The molecule has 1 aromatic rings. The van der Waals surface area contributed by atoms with Gasteiger partial charge in [-0.3, -0.25) is 4.90 Å². The summed E-state index contributed by atoms with van der Waals surface area (Å²) in [7, 11) is 0. The summed E-state index contributed by atoms with van der Waals surface area (Å²) in [6.07, 6.45) is 7.01. The molecular formula is C22H32N2S. The number of nitrogens with zero attached hydrogens (tertiary/aromatic N) is 2. The van der Waals surface area contributed by atoms with Crippen molar-refractivity contribution in [3.8, 4) is 6.07 Å². The Morgan fingerprint density at radius 2 is 1.92 bits per heavy atom. The molecule has 0 aromatic carbocycles. The summed E-state index contributed by atoms with van der Waals surface area (Å²) in [5.74, 6) is 0. The van der Waals surface area contributed by atoms with Gasteiger partial charge in [-0.1, -0.05) is 46.1 Å². The quantitative estimate of drug-likeness (QED) is 0.565. The fourth-order valence-electron chi connectivity index (χ4n) is 2.87. The Hall–Kier alpha value is -1.63. The smallest absolute Gasteiger partial charge is 0.0627 e. The maximum Gasteiger partial charge on any atom is 0.0627 e. The molecule has 0 atom stereocenters. The van der Waals surface area contributed by atoms with Crippen LogP contribution in [-0.2, 0) is 0 Å². The Bertz CT molecular complexity index is 637. The molecule has 2 rings (SSSR count). The van der Waals surface area contributed by atoms with Crippen LogP contribution in [0.4, 0.5) is 0 Å². The standard InChI is InChI=1S/C20H26N2S.C2H6/c1-16(5-6-17(2)19-8-7-18(3)23-19)15-22-13-10-20(4,9-12-21)11-14-22;1-2/h5-8H,1-2,9-11,13-15H2,3-4H3;1-2H3/b6-5-;. The Labute approximate surface area is 158 Å². The fraction of sp³-hybridized carbons (Fsp3) is 0.500. The zero-order valence-corrected chi connectivity index (χ0v) is 17.1. The number of piperidine rings is 1. The van der Waals surface area contributed by atoms with Crippen LogP contribution in [0, 0.1) is 23.7 Å². The second kappa shape index (κ2) is 10.4. The topological polar surface area (TPSA) is 27.0 Å². The Morgan fingerprint density at radius 3 is 2.44 bits per heavy atom. The number of thiophene rings is 1. The molecule has 25 heavy (non-hydrogen) atoms. The minimum absolute atomic E-state index is 0.202. The van der Waals surface area contributed by atoms with E-state index < -0.39 is 0 Å². The summed E-state index contributed by atoms with van der Waals surface area (Å²) in [6, 6.07) is 6.57. The normalized spacial score (nSPS) is 16.8. The van der Waals surface area contributed by atoms with Crippen LogP contribution in [0.5, 0.6) is 0 Å². The molecule has 2 heterocycles. The number of likely N-dealkylation sites (tertiary alicyclic amines) is 1. The maximum atomic E-state index is 8.92. The summed E-state index contributed by atoms with van der Waals surface area (Å²) in [6.45, 7) is 19.7. The highest BCUT2D eigenvalue weighted by atomic mass is 32.1. The van der Waals surface area contributed by atoms with E-state index >= 15 is 0 Å². The van der Waals surface area contributed by atoms with Gasteiger partial charge in [0.05, 0.1) is 6.07 Å². The van der Waals surface area contributed by atoms with Gasteiger partial charge in [-0.2, -0.15) is 5.26 Å². The third-order valence-electron chi connectivity index (χ3n) is 4.57. The third kappa shape index (κ3) is 7.02. The van der Waals surface area contributed by atoms with Crippen LogP contribution < -0.4 is 0 Å². The van der Waals surface area contributed by atoms with E-state index in [1.807, 2.05) is 13.8 Å². The number of aryl methyl sites for hydroxylation is 1. The minimum Gasteiger partial charge on any atom is -0.299 e. The third-order valence-corrected chi connectivity index (χ3v) is 5.65. The first kappa shape index (κ1) is 21.4. The minimum atomic E-state index is 0.202. The van der Waals surface area contributed by atoms with E-state index in [9.17, 15) is 0 Å². The van der Waals surface area contributed by atoms with Crippen molar-refractivity contribution in [1.82, 2.24) is 4.90 Å². The van der Waals surface area contributed by atoms with Crippen LogP contribution in [0.2, 0.25) is 0 Å². The summed E-state index contributed by atoms with van der Waals surface area (Å²) in [5, 5.41) is 8.92. The first-order valence-electron chi connectivity index (χ1n) is 9.13. The monoisotopic (exact) mass is 356 g/mol. The molecule has 0 amide bonds. The number of hydrogen-bond acceptors (Lipinski definition) is 3. The maximum absolute atomic E-state index is 8.92. The lowest BCUT2D eigenvalue weighted by molar-refractivity contribution is 0.130. The SMILES string of the molecule is C=C(/C=C\C(=C)c1ccc(C)s1)CN1CCC(C)(CC#N)CC1.CC. The number of rotatable bonds is 6. The molecule has 0 bridgehead atoms. The molecule has 2 nitrogen and oxygen atoms in total. The van der Waals surface area contributed by atoms with Crippen LogP contribution in [0.25, 0.3) is 5.57 Å². The van der Waals surface area contributed by atoms with E-state index in [-0.39, 0.29) is 5.41 Å². The van der Waals surface area contributed by atoms with Crippen molar-refractivity contribution in [3.05, 3.63) is 52.8 Å². The molecule has 1 fully saturated rings. The van der Waals surface area contributed by atoms with Crippen molar-refractivity contribution >= 4 is 16.9 Å². The molecule has 1 aliphatic heterocycles. The van der Waals surface area contributed by atoms with Crippen LogP contribution in [0.3, 0.4) is 0 Å². The van der Waals surface area contributed by atoms with Gasteiger partial charge in [-0.25, -0.2) is 0 Å². The van der Waals surface area contributed by atoms with Crippen LogP contribution in [-0.4, -0.2) is 24.5 Å². The van der Waals surface area contributed by atoms with Gasteiger partial charge in [0, 0.05) is 22.7 Å².